The number of nitro groups is 1. The number of hydrogen-bond donors (Lipinski definition) is 0. The maximum atomic E-state index is 12.6. The Morgan fingerprint density at radius 1 is 1.16 bits per heavy atom. The number of piperazine rings is 1. The third-order valence-corrected chi connectivity index (χ3v) is 6.35. The molecule has 0 aromatic heterocycles. The van der Waals surface area contributed by atoms with Gasteiger partial charge in [0.25, 0.3) is 11.6 Å². The van der Waals surface area contributed by atoms with Gasteiger partial charge in [0.2, 0.25) is 10.0 Å². The number of hydrogen-bond acceptors (Lipinski definition) is 6. The van der Waals surface area contributed by atoms with Gasteiger partial charge in [0.1, 0.15) is 6.10 Å². The van der Waals surface area contributed by atoms with Crippen molar-refractivity contribution in [3.63, 3.8) is 0 Å². The second-order valence-electron chi connectivity index (χ2n) is 5.98. The van der Waals surface area contributed by atoms with Crippen LogP contribution < -0.4 is 0 Å². The van der Waals surface area contributed by atoms with Crippen LogP contribution in [0.4, 0.5) is 5.69 Å². The van der Waals surface area contributed by atoms with Gasteiger partial charge in [-0.1, -0.05) is 0 Å². The fraction of sp³-hybridized carbons (Fsp3) is 0.533. The minimum Gasteiger partial charge on any atom is -0.368 e. The van der Waals surface area contributed by atoms with E-state index in [-0.39, 0.29) is 29.6 Å². The molecular weight excluding hydrogens is 350 g/mol. The summed E-state index contributed by atoms with van der Waals surface area (Å²) in [5.74, 6) is -0.0788. The fourth-order valence-electron chi connectivity index (χ4n) is 3.01. The molecule has 2 saturated heterocycles. The number of sulfonamides is 1. The number of benzene rings is 1. The van der Waals surface area contributed by atoms with Crippen LogP contribution in [-0.2, 0) is 19.6 Å². The zero-order valence-corrected chi connectivity index (χ0v) is 14.4. The zero-order chi connectivity index (χ0) is 18.0. The van der Waals surface area contributed by atoms with Crippen molar-refractivity contribution in [1.29, 1.82) is 0 Å². The second-order valence-corrected chi connectivity index (χ2v) is 7.92. The number of non-ortho nitro benzene ring substituents is 1. The lowest BCUT2D eigenvalue weighted by Crippen LogP contribution is -2.52. The van der Waals surface area contributed by atoms with Crippen molar-refractivity contribution in [3.8, 4) is 0 Å². The van der Waals surface area contributed by atoms with Gasteiger partial charge < -0.3 is 9.64 Å². The lowest BCUT2D eigenvalue weighted by Gasteiger charge is -2.35. The lowest BCUT2D eigenvalue weighted by molar-refractivity contribution is -0.384. The first kappa shape index (κ1) is 17.8. The highest BCUT2D eigenvalue weighted by Crippen LogP contribution is 2.22. The van der Waals surface area contributed by atoms with Crippen LogP contribution in [0.3, 0.4) is 0 Å². The molecule has 0 bridgehead atoms. The Kier molecular flexibility index (Phi) is 5.02. The molecule has 2 aliphatic rings. The van der Waals surface area contributed by atoms with Crippen LogP contribution in [0.15, 0.2) is 29.2 Å². The van der Waals surface area contributed by atoms with E-state index in [1.165, 1.54) is 28.6 Å². The van der Waals surface area contributed by atoms with E-state index < -0.39 is 21.1 Å². The molecule has 9 nitrogen and oxygen atoms in total. The van der Waals surface area contributed by atoms with E-state index in [1.807, 2.05) is 0 Å². The lowest BCUT2D eigenvalue weighted by atomic mass is 10.2. The number of nitro benzene ring substituents is 1. The molecule has 25 heavy (non-hydrogen) atoms. The Hall–Kier alpha value is -2.04. The molecule has 2 heterocycles. The van der Waals surface area contributed by atoms with Crippen LogP contribution in [0.2, 0.25) is 0 Å². The van der Waals surface area contributed by atoms with Gasteiger partial charge in [-0.15, -0.1) is 0 Å². The van der Waals surface area contributed by atoms with Crippen molar-refractivity contribution in [2.75, 3.05) is 32.8 Å². The van der Waals surface area contributed by atoms with E-state index in [9.17, 15) is 23.3 Å². The SMILES string of the molecule is O=C(C1CCCO1)N1CCN(S(=O)(=O)c2ccc([N+](=O)[O-])cc2)CC1. The Bertz CT molecular complexity index is 750. The first-order valence-corrected chi connectivity index (χ1v) is 9.48. The molecular formula is C15H19N3O6S. The minimum absolute atomic E-state index is 0.0111. The molecule has 0 saturated carbocycles. The van der Waals surface area contributed by atoms with E-state index in [0.717, 1.165) is 6.42 Å². The fourth-order valence-corrected chi connectivity index (χ4v) is 4.44. The van der Waals surface area contributed by atoms with Crippen LogP contribution >= 0.6 is 0 Å². The van der Waals surface area contributed by atoms with Crippen molar-refractivity contribution in [1.82, 2.24) is 9.21 Å². The smallest absolute Gasteiger partial charge is 0.269 e. The largest absolute Gasteiger partial charge is 0.368 e. The predicted octanol–water partition coefficient (Wildman–Crippen LogP) is 0.607. The number of rotatable bonds is 4. The van der Waals surface area contributed by atoms with Crippen molar-refractivity contribution in [2.45, 2.75) is 23.8 Å². The van der Waals surface area contributed by atoms with Gasteiger partial charge in [-0.25, -0.2) is 8.42 Å². The summed E-state index contributed by atoms with van der Waals surface area (Å²) in [6, 6.07) is 4.81. The number of amides is 1. The Morgan fingerprint density at radius 3 is 2.32 bits per heavy atom. The van der Waals surface area contributed by atoms with Crippen molar-refractivity contribution < 1.29 is 22.9 Å². The quantitative estimate of drug-likeness (QED) is 0.568. The molecule has 1 unspecified atom stereocenters. The van der Waals surface area contributed by atoms with Crippen LogP contribution in [0.25, 0.3) is 0 Å². The summed E-state index contributed by atoms with van der Waals surface area (Å²) in [4.78, 5) is 24.0. The summed E-state index contributed by atoms with van der Waals surface area (Å²) >= 11 is 0. The minimum atomic E-state index is -3.73. The van der Waals surface area contributed by atoms with Crippen LogP contribution in [-0.4, -0.2) is 67.3 Å². The van der Waals surface area contributed by atoms with Crippen molar-refractivity contribution in [3.05, 3.63) is 34.4 Å². The summed E-state index contributed by atoms with van der Waals surface area (Å²) < 4.78 is 31.9. The summed E-state index contributed by atoms with van der Waals surface area (Å²) in [6.45, 7) is 1.59. The van der Waals surface area contributed by atoms with Gasteiger partial charge in [0, 0.05) is 44.9 Å². The van der Waals surface area contributed by atoms with E-state index in [1.54, 1.807) is 4.90 Å². The van der Waals surface area contributed by atoms with Gasteiger partial charge in [0.05, 0.1) is 9.82 Å². The highest BCUT2D eigenvalue weighted by molar-refractivity contribution is 7.89. The number of carbonyl (C=O) groups excluding carboxylic acids is 1. The molecule has 136 valence electrons. The average Bonchev–Trinajstić information content (AvgIpc) is 3.16. The topological polar surface area (TPSA) is 110 Å². The zero-order valence-electron chi connectivity index (χ0n) is 13.5. The summed E-state index contributed by atoms with van der Waals surface area (Å²) in [5, 5.41) is 10.7. The molecule has 3 rings (SSSR count). The third kappa shape index (κ3) is 3.65. The van der Waals surface area contributed by atoms with Gasteiger partial charge in [-0.05, 0) is 25.0 Å². The Labute approximate surface area is 145 Å². The molecule has 1 atom stereocenters. The molecule has 0 spiro atoms. The molecule has 0 N–H and O–H groups in total. The molecule has 1 amide bonds. The van der Waals surface area contributed by atoms with Crippen LogP contribution in [0.1, 0.15) is 12.8 Å². The van der Waals surface area contributed by atoms with Crippen molar-refractivity contribution in [2.24, 2.45) is 0 Å². The van der Waals surface area contributed by atoms with Gasteiger partial charge in [-0.2, -0.15) is 4.31 Å². The maximum absolute atomic E-state index is 12.6. The monoisotopic (exact) mass is 369 g/mol. The Balaban J connectivity index is 1.64. The van der Waals surface area contributed by atoms with Crippen molar-refractivity contribution >= 4 is 21.6 Å². The number of nitrogens with zero attached hydrogens (tertiary/aromatic N) is 3. The third-order valence-electron chi connectivity index (χ3n) is 4.44. The normalized spacial score (nSPS) is 22.1. The van der Waals surface area contributed by atoms with Crippen LogP contribution in [0.5, 0.6) is 0 Å². The highest BCUT2D eigenvalue weighted by atomic mass is 32.2. The first-order chi connectivity index (χ1) is 11.9. The molecule has 0 aliphatic carbocycles. The Morgan fingerprint density at radius 2 is 1.80 bits per heavy atom. The van der Waals surface area contributed by atoms with Gasteiger partial charge >= 0.3 is 0 Å². The molecule has 10 heteroatoms. The molecule has 0 radical (unpaired) electrons. The van der Waals surface area contributed by atoms with Gasteiger partial charge in [0.15, 0.2) is 0 Å². The first-order valence-electron chi connectivity index (χ1n) is 8.04. The molecule has 2 aliphatic heterocycles. The predicted molar refractivity (Wildman–Crippen MR) is 87.4 cm³/mol. The number of carbonyl (C=O) groups is 1. The van der Waals surface area contributed by atoms with E-state index in [4.69, 9.17) is 4.74 Å². The second kappa shape index (κ2) is 7.06. The number of ether oxygens (including phenoxy) is 1. The van der Waals surface area contributed by atoms with E-state index >= 15 is 0 Å². The molecule has 2 fully saturated rings. The highest BCUT2D eigenvalue weighted by Gasteiger charge is 2.34. The molecule has 1 aromatic rings. The molecule has 1 aromatic carbocycles. The maximum Gasteiger partial charge on any atom is 0.269 e. The van der Waals surface area contributed by atoms with E-state index in [2.05, 4.69) is 0 Å². The summed E-state index contributed by atoms with van der Waals surface area (Å²) in [7, 11) is -3.73. The summed E-state index contributed by atoms with van der Waals surface area (Å²) in [5.41, 5.74) is -0.161. The standard InChI is InChI=1S/C15H19N3O6S/c19-15(14-2-1-11-24-14)16-7-9-17(10-8-16)25(22,23)13-5-3-12(4-6-13)18(20)21/h3-6,14H,1-2,7-11H2. The summed E-state index contributed by atoms with van der Waals surface area (Å²) in [6.07, 6.45) is 1.17. The van der Waals surface area contributed by atoms with Crippen LogP contribution in [0, 0.1) is 10.1 Å². The average molecular weight is 369 g/mol. The van der Waals surface area contributed by atoms with E-state index in [0.29, 0.717) is 26.1 Å². The van der Waals surface area contributed by atoms with Gasteiger partial charge in [-0.3, -0.25) is 14.9 Å².